The maximum Gasteiger partial charge on any atom is 0.273 e. The molecule has 2 amide bonds. The predicted octanol–water partition coefficient (Wildman–Crippen LogP) is 2.69. The molecule has 2 aromatic carbocycles. The number of benzene rings is 2. The number of carbonyl (C=O) groups excluding carboxylic acids is 2. The number of aromatic nitrogens is 2. The first-order chi connectivity index (χ1) is 15.0. The van der Waals surface area contributed by atoms with Gasteiger partial charge < -0.3 is 10.6 Å². The number of carbonyl (C=O) groups is 2. The minimum Gasteiger partial charge on any atom is -0.353 e. The summed E-state index contributed by atoms with van der Waals surface area (Å²) in [5.74, 6) is -0.346. The van der Waals surface area contributed by atoms with Crippen molar-refractivity contribution in [1.82, 2.24) is 20.2 Å². The van der Waals surface area contributed by atoms with Crippen LogP contribution in [0, 0.1) is 0 Å². The Morgan fingerprint density at radius 2 is 1.81 bits per heavy atom. The number of nitrogens with one attached hydrogen (secondary N) is 2. The predicted molar refractivity (Wildman–Crippen MR) is 121 cm³/mol. The molecule has 0 unspecified atom stereocenters. The summed E-state index contributed by atoms with van der Waals surface area (Å²) in [5.41, 5.74) is 2.12. The van der Waals surface area contributed by atoms with Crippen LogP contribution in [-0.2, 0) is 29.1 Å². The van der Waals surface area contributed by atoms with E-state index in [0.717, 1.165) is 22.9 Å². The summed E-state index contributed by atoms with van der Waals surface area (Å²) in [4.78, 5) is 42.2. The second-order valence-electron chi connectivity index (χ2n) is 7.65. The van der Waals surface area contributed by atoms with E-state index in [4.69, 9.17) is 0 Å². The highest BCUT2D eigenvalue weighted by molar-refractivity contribution is 9.10. The number of para-hydroxylation sites is 2. The van der Waals surface area contributed by atoms with Crippen molar-refractivity contribution < 1.29 is 9.59 Å². The quantitative estimate of drug-likeness (QED) is 0.516. The van der Waals surface area contributed by atoms with Crippen LogP contribution in [-0.4, -0.2) is 27.4 Å². The molecular formula is C23H23BrN4O3. The van der Waals surface area contributed by atoms with Gasteiger partial charge in [-0.3, -0.25) is 19.0 Å². The molecule has 160 valence electrons. The summed E-state index contributed by atoms with van der Waals surface area (Å²) < 4.78 is 2.35. The van der Waals surface area contributed by atoms with E-state index in [1.165, 1.54) is 4.57 Å². The normalized spacial score (nSPS) is 13.2. The summed E-state index contributed by atoms with van der Waals surface area (Å²) in [6.07, 6.45) is 2.47. The fourth-order valence-corrected chi connectivity index (χ4v) is 3.78. The van der Waals surface area contributed by atoms with Gasteiger partial charge in [0.05, 0.1) is 11.0 Å². The Morgan fingerprint density at radius 1 is 1.06 bits per heavy atom. The van der Waals surface area contributed by atoms with Crippen molar-refractivity contribution in [1.29, 1.82) is 0 Å². The number of nitrogens with zero attached hydrogens (tertiary/aromatic N) is 2. The third-order valence-electron chi connectivity index (χ3n) is 5.19. The number of hydrogen-bond donors (Lipinski definition) is 2. The third-order valence-corrected chi connectivity index (χ3v) is 5.96. The lowest BCUT2D eigenvalue weighted by atomic mass is 10.2. The Kier molecular flexibility index (Phi) is 6.46. The molecule has 0 atom stereocenters. The molecule has 0 bridgehead atoms. The van der Waals surface area contributed by atoms with Gasteiger partial charge in [-0.2, -0.15) is 0 Å². The summed E-state index contributed by atoms with van der Waals surface area (Å²) in [6.45, 7) is 0.236. The molecule has 0 radical (unpaired) electrons. The fourth-order valence-electron chi connectivity index (χ4n) is 3.36. The van der Waals surface area contributed by atoms with Crippen LogP contribution in [0.1, 0.15) is 30.5 Å². The van der Waals surface area contributed by atoms with Crippen LogP contribution in [0.4, 0.5) is 0 Å². The SMILES string of the molecule is O=C(Cn1c(=O)c(CCC(=O)NC2CC2)nc2ccccc21)NCc1ccccc1Br. The van der Waals surface area contributed by atoms with E-state index in [2.05, 4.69) is 31.5 Å². The van der Waals surface area contributed by atoms with E-state index in [9.17, 15) is 14.4 Å². The molecule has 3 aromatic rings. The van der Waals surface area contributed by atoms with Gasteiger partial charge in [0, 0.05) is 29.9 Å². The van der Waals surface area contributed by atoms with Crippen molar-refractivity contribution in [3.63, 3.8) is 0 Å². The number of aryl methyl sites for hydroxylation is 1. The van der Waals surface area contributed by atoms with Gasteiger partial charge in [0.15, 0.2) is 0 Å². The van der Waals surface area contributed by atoms with E-state index < -0.39 is 0 Å². The molecule has 1 fully saturated rings. The monoisotopic (exact) mass is 482 g/mol. The number of fused-ring (bicyclic) bond motifs is 1. The first-order valence-electron chi connectivity index (χ1n) is 10.3. The van der Waals surface area contributed by atoms with Crippen LogP contribution in [0.5, 0.6) is 0 Å². The van der Waals surface area contributed by atoms with Crippen LogP contribution in [0.25, 0.3) is 11.0 Å². The van der Waals surface area contributed by atoms with Gasteiger partial charge >= 0.3 is 0 Å². The fraction of sp³-hybridized carbons (Fsp3) is 0.304. The molecule has 2 N–H and O–H groups in total. The van der Waals surface area contributed by atoms with Gasteiger partial charge in [-0.05, 0) is 36.6 Å². The van der Waals surface area contributed by atoms with Crippen LogP contribution in [0.15, 0.2) is 57.8 Å². The highest BCUT2D eigenvalue weighted by Gasteiger charge is 2.23. The standard InChI is InChI=1S/C23H23BrN4O3/c24-17-6-2-1-5-15(17)13-25-22(30)14-28-20-8-4-3-7-18(20)27-19(23(28)31)11-12-21(29)26-16-9-10-16/h1-8,16H,9-14H2,(H,25,30)(H,26,29). The average Bonchev–Trinajstić information content (AvgIpc) is 3.58. The first kappa shape index (κ1) is 21.2. The highest BCUT2D eigenvalue weighted by atomic mass is 79.9. The lowest BCUT2D eigenvalue weighted by molar-refractivity contribution is -0.122. The average molecular weight is 483 g/mol. The maximum atomic E-state index is 13.1. The van der Waals surface area contributed by atoms with Gasteiger partial charge in [-0.1, -0.05) is 46.3 Å². The van der Waals surface area contributed by atoms with Gasteiger partial charge in [-0.25, -0.2) is 4.98 Å². The Labute approximate surface area is 188 Å². The third kappa shape index (κ3) is 5.38. The molecule has 1 aliphatic carbocycles. The number of rotatable bonds is 8. The number of halogens is 1. The topological polar surface area (TPSA) is 93.1 Å². The molecule has 1 aliphatic rings. The summed E-state index contributed by atoms with van der Waals surface area (Å²) in [5, 5.41) is 5.79. The minimum atomic E-state index is -0.339. The largest absolute Gasteiger partial charge is 0.353 e. The molecule has 0 spiro atoms. The van der Waals surface area contributed by atoms with Crippen LogP contribution in [0.2, 0.25) is 0 Å². The number of hydrogen-bond acceptors (Lipinski definition) is 4. The molecule has 4 rings (SSSR count). The van der Waals surface area contributed by atoms with Gasteiger partial charge in [0.2, 0.25) is 11.8 Å². The Balaban J connectivity index is 1.51. The van der Waals surface area contributed by atoms with Gasteiger partial charge in [0.25, 0.3) is 5.56 Å². The molecule has 31 heavy (non-hydrogen) atoms. The van der Waals surface area contributed by atoms with Gasteiger partial charge in [0.1, 0.15) is 12.2 Å². The molecule has 0 aliphatic heterocycles. The summed E-state index contributed by atoms with van der Waals surface area (Å²) >= 11 is 3.47. The molecule has 8 heteroatoms. The molecule has 7 nitrogen and oxygen atoms in total. The highest BCUT2D eigenvalue weighted by Crippen LogP contribution is 2.19. The van der Waals surface area contributed by atoms with Crippen LogP contribution < -0.4 is 16.2 Å². The smallest absolute Gasteiger partial charge is 0.273 e. The van der Waals surface area contributed by atoms with Crippen molar-refractivity contribution in [2.45, 2.75) is 44.8 Å². The summed E-state index contributed by atoms with van der Waals surface area (Å²) in [6, 6.07) is 15.1. The van der Waals surface area contributed by atoms with E-state index in [0.29, 0.717) is 23.3 Å². The lowest BCUT2D eigenvalue weighted by Gasteiger charge is -2.13. The van der Waals surface area contributed by atoms with Crippen LogP contribution in [0.3, 0.4) is 0 Å². The second-order valence-corrected chi connectivity index (χ2v) is 8.50. The lowest BCUT2D eigenvalue weighted by Crippen LogP contribution is -2.34. The Bertz CT molecular complexity index is 1190. The number of amides is 2. The Hall–Kier alpha value is -3.00. The summed E-state index contributed by atoms with van der Waals surface area (Å²) in [7, 11) is 0. The van der Waals surface area contributed by atoms with Crippen molar-refractivity contribution in [3.8, 4) is 0 Å². The van der Waals surface area contributed by atoms with Crippen molar-refractivity contribution in [2.24, 2.45) is 0 Å². The molecule has 1 saturated carbocycles. The maximum absolute atomic E-state index is 13.1. The zero-order chi connectivity index (χ0) is 21.8. The molecule has 0 saturated heterocycles. The molecular weight excluding hydrogens is 460 g/mol. The zero-order valence-corrected chi connectivity index (χ0v) is 18.5. The van der Waals surface area contributed by atoms with Gasteiger partial charge in [-0.15, -0.1) is 0 Å². The van der Waals surface area contributed by atoms with E-state index in [-0.39, 0.29) is 42.8 Å². The second kappa shape index (κ2) is 9.43. The van der Waals surface area contributed by atoms with E-state index in [1.54, 1.807) is 12.1 Å². The van der Waals surface area contributed by atoms with Crippen LogP contribution >= 0.6 is 15.9 Å². The zero-order valence-electron chi connectivity index (χ0n) is 16.9. The Morgan fingerprint density at radius 3 is 2.58 bits per heavy atom. The minimum absolute atomic E-state index is 0.0745. The van der Waals surface area contributed by atoms with Crippen molar-refractivity contribution in [3.05, 3.63) is 74.6 Å². The molecule has 1 aromatic heterocycles. The van der Waals surface area contributed by atoms with Crippen molar-refractivity contribution in [2.75, 3.05) is 0 Å². The van der Waals surface area contributed by atoms with E-state index >= 15 is 0 Å². The van der Waals surface area contributed by atoms with Crippen molar-refractivity contribution >= 4 is 38.8 Å². The van der Waals surface area contributed by atoms with E-state index in [1.807, 2.05) is 36.4 Å². The first-order valence-corrected chi connectivity index (χ1v) is 11.1. The molecule has 1 heterocycles.